The maximum Gasteiger partial charge on any atom is 0.306 e. The van der Waals surface area contributed by atoms with Crippen LogP contribution in [0.1, 0.15) is 342 Å². The van der Waals surface area contributed by atoms with Crippen molar-refractivity contribution in [1.82, 2.24) is 0 Å². The number of ether oxygens (including phenoxy) is 3. The summed E-state index contributed by atoms with van der Waals surface area (Å²) in [6, 6.07) is 0. The summed E-state index contributed by atoms with van der Waals surface area (Å²) in [6.45, 7) is 6.62. The number of hydrogen-bond acceptors (Lipinski definition) is 6. The molecule has 0 fully saturated rings. The Balaban J connectivity index is 4.37. The first-order chi connectivity index (χ1) is 38.0. The van der Waals surface area contributed by atoms with E-state index in [9.17, 15) is 14.4 Å². The molecule has 1 atom stereocenters. The van der Waals surface area contributed by atoms with E-state index in [-0.39, 0.29) is 31.1 Å². The molecule has 0 heterocycles. The summed E-state index contributed by atoms with van der Waals surface area (Å²) in [6.07, 6.45) is 84.8. The summed E-state index contributed by atoms with van der Waals surface area (Å²) in [5.74, 6) is -0.890. The predicted octanol–water partition coefficient (Wildman–Crippen LogP) is 22.9. The summed E-state index contributed by atoms with van der Waals surface area (Å²) in [7, 11) is 0. The second kappa shape index (κ2) is 65.4. The second-order valence-corrected chi connectivity index (χ2v) is 22.4. The van der Waals surface area contributed by atoms with Gasteiger partial charge in [0, 0.05) is 19.3 Å². The van der Waals surface area contributed by atoms with Gasteiger partial charge in [-0.3, -0.25) is 14.4 Å². The highest BCUT2D eigenvalue weighted by Gasteiger charge is 2.19. The first kappa shape index (κ1) is 73.8. The van der Waals surface area contributed by atoms with Gasteiger partial charge in [0.1, 0.15) is 13.2 Å². The van der Waals surface area contributed by atoms with Gasteiger partial charge >= 0.3 is 17.9 Å². The van der Waals surface area contributed by atoms with Crippen molar-refractivity contribution in [2.45, 2.75) is 348 Å². The van der Waals surface area contributed by atoms with Crippen LogP contribution in [0.4, 0.5) is 0 Å². The zero-order chi connectivity index (χ0) is 55.7. The van der Waals surface area contributed by atoms with Crippen LogP contribution in [0.5, 0.6) is 0 Å². The van der Waals surface area contributed by atoms with Crippen molar-refractivity contribution in [3.05, 3.63) is 72.9 Å². The molecule has 0 N–H and O–H groups in total. The molecule has 0 radical (unpaired) electrons. The fourth-order valence-corrected chi connectivity index (χ4v) is 9.59. The van der Waals surface area contributed by atoms with Crippen molar-refractivity contribution in [2.75, 3.05) is 13.2 Å². The molecular weight excluding hydrogens is 949 g/mol. The molecule has 0 saturated carbocycles. The molecule has 77 heavy (non-hydrogen) atoms. The topological polar surface area (TPSA) is 78.9 Å². The van der Waals surface area contributed by atoms with Crippen molar-refractivity contribution in [3.63, 3.8) is 0 Å². The Morgan fingerprint density at radius 1 is 0.260 bits per heavy atom. The van der Waals surface area contributed by atoms with E-state index in [0.29, 0.717) is 19.3 Å². The first-order valence-electron chi connectivity index (χ1n) is 33.4. The van der Waals surface area contributed by atoms with E-state index in [4.69, 9.17) is 14.2 Å². The number of esters is 3. The lowest BCUT2D eigenvalue weighted by Crippen LogP contribution is -2.30. The van der Waals surface area contributed by atoms with Crippen LogP contribution in [0, 0.1) is 0 Å². The molecule has 0 aromatic rings. The van der Waals surface area contributed by atoms with Gasteiger partial charge in [0.25, 0.3) is 0 Å². The van der Waals surface area contributed by atoms with Crippen LogP contribution >= 0.6 is 0 Å². The summed E-state index contributed by atoms with van der Waals surface area (Å²) in [5, 5.41) is 0. The Morgan fingerprint density at radius 3 is 0.766 bits per heavy atom. The van der Waals surface area contributed by atoms with Gasteiger partial charge in [-0.15, -0.1) is 0 Å². The lowest BCUT2D eigenvalue weighted by atomic mass is 10.1. The van der Waals surface area contributed by atoms with E-state index in [1.165, 1.54) is 205 Å². The zero-order valence-corrected chi connectivity index (χ0v) is 51.2. The van der Waals surface area contributed by atoms with E-state index in [2.05, 4.69) is 93.7 Å². The molecule has 6 nitrogen and oxygen atoms in total. The Hall–Kier alpha value is -3.15. The van der Waals surface area contributed by atoms with Crippen molar-refractivity contribution in [2.24, 2.45) is 0 Å². The number of carbonyl (C=O) groups excluding carboxylic acids is 3. The van der Waals surface area contributed by atoms with Crippen molar-refractivity contribution in [3.8, 4) is 0 Å². The molecule has 0 spiro atoms. The molecule has 0 aliphatic heterocycles. The van der Waals surface area contributed by atoms with Crippen molar-refractivity contribution >= 4 is 17.9 Å². The first-order valence-corrected chi connectivity index (χ1v) is 33.4. The highest BCUT2D eigenvalue weighted by Crippen LogP contribution is 2.16. The second-order valence-electron chi connectivity index (χ2n) is 22.4. The minimum absolute atomic E-state index is 0.0833. The van der Waals surface area contributed by atoms with Gasteiger partial charge in [0.15, 0.2) is 6.10 Å². The molecule has 0 bridgehead atoms. The van der Waals surface area contributed by atoms with Crippen LogP contribution in [0.15, 0.2) is 72.9 Å². The Labute approximate surface area is 478 Å². The third-order valence-corrected chi connectivity index (χ3v) is 14.7. The van der Waals surface area contributed by atoms with Crippen LogP contribution in [0.25, 0.3) is 0 Å². The van der Waals surface area contributed by atoms with Gasteiger partial charge in [-0.05, 0) is 116 Å². The summed E-state index contributed by atoms with van der Waals surface area (Å²) in [5.41, 5.74) is 0. The largest absolute Gasteiger partial charge is 0.462 e. The van der Waals surface area contributed by atoms with Crippen LogP contribution in [-0.4, -0.2) is 37.2 Å². The van der Waals surface area contributed by atoms with Gasteiger partial charge in [-0.1, -0.05) is 280 Å². The summed E-state index contributed by atoms with van der Waals surface area (Å²) < 4.78 is 16.9. The lowest BCUT2D eigenvalue weighted by molar-refractivity contribution is -0.167. The van der Waals surface area contributed by atoms with E-state index in [1.54, 1.807) is 0 Å². The Kier molecular flexibility index (Phi) is 62.7. The molecule has 0 aromatic heterocycles. The van der Waals surface area contributed by atoms with Crippen LogP contribution in [0.3, 0.4) is 0 Å². The van der Waals surface area contributed by atoms with Crippen molar-refractivity contribution in [1.29, 1.82) is 0 Å². The molecular formula is C71H126O6. The predicted molar refractivity (Wildman–Crippen MR) is 335 cm³/mol. The monoisotopic (exact) mass is 1070 g/mol. The minimum atomic E-state index is -0.787. The summed E-state index contributed by atoms with van der Waals surface area (Å²) in [4.78, 5) is 38.4. The van der Waals surface area contributed by atoms with Crippen molar-refractivity contribution < 1.29 is 28.6 Å². The minimum Gasteiger partial charge on any atom is -0.462 e. The molecule has 1 unspecified atom stereocenters. The van der Waals surface area contributed by atoms with Gasteiger partial charge in [0.05, 0.1) is 0 Å². The number of carbonyl (C=O) groups is 3. The summed E-state index contributed by atoms with van der Waals surface area (Å²) >= 11 is 0. The zero-order valence-electron chi connectivity index (χ0n) is 51.2. The SMILES string of the molecule is CCCCC/C=C\C/C=C\CCCCCCCC(=O)OCC(COC(=O)CCCCCCCCCC/C=C\C/C=C\C/C=C\CCCCCCC)OC(=O)CCCCCCCCCCC/C=C\CCCCCCCCCC. The standard InChI is InChI=1S/C71H126O6/c1-4-7-10-13-16-19-22-25-28-30-32-34-35-37-38-40-43-46-49-52-55-58-61-64-70(73)76-67-68(66-75-69(72)63-60-57-54-51-48-45-42-27-24-21-18-15-12-9-6-3)77-71(74)65-62-59-56-53-50-47-44-41-39-36-33-31-29-26-23-20-17-14-11-8-5-2/h18,21-22,25,27,30-33,35,37,42,68H,4-17,19-20,23-24,26,28-29,34,36,38-41,43-67H2,1-3H3/b21-18-,25-22-,32-30-,33-31-,37-35-,42-27-. The Bertz CT molecular complexity index is 1420. The smallest absolute Gasteiger partial charge is 0.306 e. The fourth-order valence-electron chi connectivity index (χ4n) is 9.59. The van der Waals surface area contributed by atoms with E-state index < -0.39 is 6.10 Å². The maximum absolute atomic E-state index is 12.9. The Morgan fingerprint density at radius 2 is 0.468 bits per heavy atom. The molecule has 0 aliphatic carbocycles. The average molecular weight is 1080 g/mol. The molecule has 446 valence electrons. The van der Waals surface area contributed by atoms with E-state index in [0.717, 1.165) is 96.3 Å². The third kappa shape index (κ3) is 63.6. The molecule has 0 aromatic carbocycles. The van der Waals surface area contributed by atoms with Gasteiger partial charge in [0.2, 0.25) is 0 Å². The third-order valence-electron chi connectivity index (χ3n) is 14.7. The van der Waals surface area contributed by atoms with Crippen LogP contribution < -0.4 is 0 Å². The van der Waals surface area contributed by atoms with Gasteiger partial charge < -0.3 is 14.2 Å². The van der Waals surface area contributed by atoms with Crippen LogP contribution in [-0.2, 0) is 28.6 Å². The number of rotatable bonds is 61. The van der Waals surface area contributed by atoms with Crippen LogP contribution in [0.2, 0.25) is 0 Å². The molecule has 0 aliphatic rings. The van der Waals surface area contributed by atoms with Gasteiger partial charge in [-0.2, -0.15) is 0 Å². The molecule has 6 heteroatoms. The lowest BCUT2D eigenvalue weighted by Gasteiger charge is -2.18. The molecule has 0 amide bonds. The van der Waals surface area contributed by atoms with E-state index in [1.807, 2.05) is 0 Å². The maximum atomic E-state index is 12.9. The normalized spacial score (nSPS) is 12.5. The number of allylic oxidation sites excluding steroid dienone is 12. The average Bonchev–Trinajstić information content (AvgIpc) is 3.43. The van der Waals surface area contributed by atoms with Gasteiger partial charge in [-0.25, -0.2) is 0 Å². The molecule has 0 saturated heterocycles. The number of unbranched alkanes of at least 4 members (excludes halogenated alkanes) is 38. The number of hydrogen-bond donors (Lipinski definition) is 0. The highest BCUT2D eigenvalue weighted by molar-refractivity contribution is 5.71. The highest BCUT2D eigenvalue weighted by atomic mass is 16.6. The van der Waals surface area contributed by atoms with E-state index >= 15 is 0 Å². The fraction of sp³-hybridized carbons (Fsp3) is 0.789. The molecule has 0 rings (SSSR count). The quantitative estimate of drug-likeness (QED) is 0.0261.